The first-order valence-corrected chi connectivity index (χ1v) is 12.5. The molecule has 0 aliphatic heterocycles. The molecule has 0 amide bonds. The van der Waals surface area contributed by atoms with Gasteiger partial charge in [-0.1, -0.05) is 83.5 Å². The van der Waals surface area contributed by atoms with Crippen molar-refractivity contribution in [1.82, 2.24) is 10.1 Å². The Kier molecular flexibility index (Phi) is 5.68. The van der Waals surface area contributed by atoms with Gasteiger partial charge in [0.1, 0.15) is 23.5 Å². The Hall–Kier alpha value is -4.51. The lowest BCUT2D eigenvalue weighted by molar-refractivity contribution is -0.109. The normalized spacial score (nSPS) is 13.8. The summed E-state index contributed by atoms with van der Waals surface area (Å²) in [4.78, 5) is 16.3. The number of nitrogens with one attached hydrogen (secondary N) is 1. The summed E-state index contributed by atoms with van der Waals surface area (Å²) >= 11 is 0. The molecule has 5 heteroatoms. The molecule has 1 fully saturated rings. The molecular weight excluding hydrogens is 458 g/mol. The molecule has 0 bridgehead atoms. The van der Waals surface area contributed by atoms with Crippen molar-refractivity contribution >= 4 is 17.8 Å². The first kappa shape index (κ1) is 22.9. The van der Waals surface area contributed by atoms with Crippen LogP contribution in [0.1, 0.15) is 29.7 Å². The van der Waals surface area contributed by atoms with E-state index < -0.39 is 0 Å². The zero-order chi connectivity index (χ0) is 25.4. The van der Waals surface area contributed by atoms with E-state index in [0.29, 0.717) is 5.76 Å². The third-order valence-electron chi connectivity index (χ3n) is 7.13. The van der Waals surface area contributed by atoms with Gasteiger partial charge in [0, 0.05) is 11.1 Å². The maximum Gasteiger partial charge on any atom is 0.190 e. The number of anilines is 2. The van der Waals surface area contributed by atoms with E-state index in [2.05, 4.69) is 72.0 Å². The molecule has 0 radical (unpaired) electrons. The molecule has 0 unspecified atom stereocenters. The van der Waals surface area contributed by atoms with E-state index in [4.69, 9.17) is 9.51 Å². The fraction of sp³-hybridized carbons (Fsp3) is 0.156. The van der Waals surface area contributed by atoms with Crippen LogP contribution in [-0.2, 0) is 10.2 Å². The molecule has 2 heterocycles. The van der Waals surface area contributed by atoms with E-state index in [1.54, 1.807) is 0 Å². The third kappa shape index (κ3) is 4.45. The molecule has 2 aromatic heterocycles. The highest BCUT2D eigenvalue weighted by atomic mass is 16.5. The van der Waals surface area contributed by atoms with Crippen molar-refractivity contribution in [2.24, 2.45) is 0 Å². The standard InChI is InChI=1S/C32H27N3O2/c1-21-5-3-6-26(19-21)28-7-4-8-29(33-28)34-30-22(2)35-37-31(30)25-11-9-23(10-12-25)24-13-15-27(16-14-24)32(20-36)17-18-32/h3-16,19-20H,17-18H2,1-2H3,(H,33,34). The van der Waals surface area contributed by atoms with E-state index in [1.165, 1.54) is 5.56 Å². The summed E-state index contributed by atoms with van der Waals surface area (Å²) < 4.78 is 5.73. The maximum absolute atomic E-state index is 11.4. The third-order valence-corrected chi connectivity index (χ3v) is 7.13. The van der Waals surface area contributed by atoms with Gasteiger partial charge in [-0.15, -0.1) is 0 Å². The van der Waals surface area contributed by atoms with Crippen molar-refractivity contribution in [3.05, 3.63) is 108 Å². The van der Waals surface area contributed by atoms with E-state index in [1.807, 2.05) is 43.3 Å². The lowest BCUT2D eigenvalue weighted by Gasteiger charge is -2.10. The number of carbonyl (C=O) groups is 1. The molecule has 37 heavy (non-hydrogen) atoms. The summed E-state index contributed by atoms with van der Waals surface area (Å²) in [5.74, 6) is 1.40. The molecule has 6 rings (SSSR count). The van der Waals surface area contributed by atoms with Gasteiger partial charge in [0.2, 0.25) is 0 Å². The summed E-state index contributed by atoms with van der Waals surface area (Å²) in [6.07, 6.45) is 2.99. The second kappa shape index (κ2) is 9.17. The summed E-state index contributed by atoms with van der Waals surface area (Å²) in [5.41, 5.74) is 8.74. The molecule has 1 aliphatic carbocycles. The van der Waals surface area contributed by atoms with E-state index in [0.717, 1.165) is 69.8 Å². The van der Waals surface area contributed by atoms with E-state index in [-0.39, 0.29) is 5.41 Å². The van der Waals surface area contributed by atoms with Gasteiger partial charge in [-0.3, -0.25) is 0 Å². The molecule has 1 aliphatic rings. The Bertz CT molecular complexity index is 1580. The average molecular weight is 486 g/mol. The first-order valence-electron chi connectivity index (χ1n) is 12.5. The van der Waals surface area contributed by atoms with Crippen LogP contribution in [0.5, 0.6) is 0 Å². The molecule has 5 aromatic rings. The molecule has 5 nitrogen and oxygen atoms in total. The van der Waals surface area contributed by atoms with Crippen LogP contribution >= 0.6 is 0 Å². The van der Waals surface area contributed by atoms with E-state index in [9.17, 15) is 4.79 Å². The van der Waals surface area contributed by atoms with Crippen LogP contribution in [0.25, 0.3) is 33.7 Å². The molecule has 0 spiro atoms. The lowest BCUT2D eigenvalue weighted by atomic mass is 9.94. The van der Waals surface area contributed by atoms with Gasteiger partial charge in [-0.25, -0.2) is 4.98 Å². The Balaban J connectivity index is 1.25. The highest BCUT2D eigenvalue weighted by Gasteiger charge is 2.44. The number of hydrogen-bond donors (Lipinski definition) is 1. The zero-order valence-corrected chi connectivity index (χ0v) is 20.9. The van der Waals surface area contributed by atoms with Gasteiger partial charge in [0.05, 0.1) is 11.1 Å². The predicted octanol–water partition coefficient (Wildman–Crippen LogP) is 7.66. The topological polar surface area (TPSA) is 68.0 Å². The monoisotopic (exact) mass is 485 g/mol. The molecule has 1 N–H and O–H groups in total. The van der Waals surface area contributed by atoms with Crippen LogP contribution in [-0.4, -0.2) is 16.4 Å². The molecule has 182 valence electrons. The minimum Gasteiger partial charge on any atom is -0.354 e. The SMILES string of the molecule is Cc1cccc(-c2cccc(Nc3c(C)noc3-c3ccc(-c4ccc(C5(C=O)CC5)cc4)cc3)n2)c1. The highest BCUT2D eigenvalue weighted by Crippen LogP contribution is 2.46. The maximum atomic E-state index is 11.4. The fourth-order valence-electron chi connectivity index (χ4n) is 4.73. The molecule has 1 saturated carbocycles. The van der Waals surface area contributed by atoms with Crippen molar-refractivity contribution in [3.63, 3.8) is 0 Å². The number of nitrogens with zero attached hydrogens (tertiary/aromatic N) is 2. The highest BCUT2D eigenvalue weighted by molar-refractivity contribution is 5.80. The van der Waals surface area contributed by atoms with Crippen molar-refractivity contribution in [2.45, 2.75) is 32.1 Å². The van der Waals surface area contributed by atoms with Crippen molar-refractivity contribution in [1.29, 1.82) is 0 Å². The first-order chi connectivity index (χ1) is 18.0. The van der Waals surface area contributed by atoms with Crippen LogP contribution in [0.4, 0.5) is 11.5 Å². The summed E-state index contributed by atoms with van der Waals surface area (Å²) in [7, 11) is 0. The van der Waals surface area contributed by atoms with Gasteiger partial charge in [0.25, 0.3) is 0 Å². The fourth-order valence-corrected chi connectivity index (χ4v) is 4.73. The van der Waals surface area contributed by atoms with Gasteiger partial charge in [0.15, 0.2) is 5.76 Å². The zero-order valence-electron chi connectivity index (χ0n) is 20.9. The van der Waals surface area contributed by atoms with Gasteiger partial charge in [-0.2, -0.15) is 0 Å². The second-order valence-corrected chi connectivity index (χ2v) is 9.80. The minimum atomic E-state index is -0.246. The van der Waals surface area contributed by atoms with Crippen molar-refractivity contribution in [2.75, 3.05) is 5.32 Å². The van der Waals surface area contributed by atoms with Gasteiger partial charge < -0.3 is 14.6 Å². The van der Waals surface area contributed by atoms with Crippen LogP contribution in [0.2, 0.25) is 0 Å². The van der Waals surface area contributed by atoms with Crippen molar-refractivity contribution < 1.29 is 9.32 Å². The molecular formula is C32H27N3O2. The van der Waals surface area contributed by atoms with Crippen LogP contribution in [0.15, 0.2) is 95.5 Å². The van der Waals surface area contributed by atoms with Crippen molar-refractivity contribution in [3.8, 4) is 33.7 Å². The summed E-state index contributed by atoms with van der Waals surface area (Å²) in [6, 6.07) is 30.8. The number of carbonyl (C=O) groups excluding carboxylic acids is 1. The summed E-state index contributed by atoms with van der Waals surface area (Å²) in [5, 5.41) is 7.64. The second-order valence-electron chi connectivity index (χ2n) is 9.80. The predicted molar refractivity (Wildman–Crippen MR) is 147 cm³/mol. The average Bonchev–Trinajstić information content (AvgIpc) is 3.67. The lowest BCUT2D eigenvalue weighted by Crippen LogP contribution is -2.07. The number of rotatable bonds is 7. The molecule has 0 saturated heterocycles. The Morgan fingerprint density at radius 1 is 0.811 bits per heavy atom. The Morgan fingerprint density at radius 3 is 2.16 bits per heavy atom. The number of aldehydes is 1. The van der Waals surface area contributed by atoms with Crippen LogP contribution < -0.4 is 5.32 Å². The Labute approximate surface area is 216 Å². The number of pyridine rings is 1. The van der Waals surface area contributed by atoms with Crippen LogP contribution in [0.3, 0.4) is 0 Å². The van der Waals surface area contributed by atoms with Gasteiger partial charge in [-0.05, 0) is 61.6 Å². The smallest absolute Gasteiger partial charge is 0.190 e. The number of hydrogen-bond acceptors (Lipinski definition) is 5. The minimum absolute atomic E-state index is 0.246. The quantitative estimate of drug-likeness (QED) is 0.240. The molecule has 3 aromatic carbocycles. The van der Waals surface area contributed by atoms with Gasteiger partial charge >= 0.3 is 0 Å². The van der Waals surface area contributed by atoms with Crippen LogP contribution in [0, 0.1) is 13.8 Å². The Morgan fingerprint density at radius 2 is 1.49 bits per heavy atom. The summed E-state index contributed by atoms with van der Waals surface area (Å²) in [6.45, 7) is 4.00. The number of aryl methyl sites for hydroxylation is 2. The van der Waals surface area contributed by atoms with E-state index >= 15 is 0 Å². The number of aromatic nitrogens is 2. The largest absolute Gasteiger partial charge is 0.354 e. The molecule has 0 atom stereocenters. The number of benzene rings is 3.